The molecule has 3 fully saturated rings. The smallest absolute Gasteiger partial charge is 0.266 e. The van der Waals surface area contributed by atoms with Crippen LogP contribution in [-0.4, -0.2) is 64.1 Å². The summed E-state index contributed by atoms with van der Waals surface area (Å²) in [5, 5.41) is 4.04. The van der Waals surface area contributed by atoms with Crippen LogP contribution in [0.4, 0.5) is 0 Å². The van der Waals surface area contributed by atoms with E-state index in [4.69, 9.17) is 21.7 Å². The Labute approximate surface area is 215 Å². The summed E-state index contributed by atoms with van der Waals surface area (Å²) in [7, 11) is 0. The lowest BCUT2D eigenvalue weighted by Crippen LogP contribution is -2.35. The van der Waals surface area contributed by atoms with E-state index in [-0.39, 0.29) is 30.6 Å². The van der Waals surface area contributed by atoms with Gasteiger partial charge in [0.2, 0.25) is 5.91 Å². The first-order valence-corrected chi connectivity index (χ1v) is 13.6. The average molecular weight is 514 g/mol. The Bertz CT molecular complexity index is 1160. The summed E-state index contributed by atoms with van der Waals surface area (Å²) in [6.45, 7) is 4.89. The minimum atomic E-state index is -0.0719. The molecule has 1 aromatic heterocycles. The van der Waals surface area contributed by atoms with Crippen LogP contribution in [0.2, 0.25) is 0 Å². The standard InChI is InChI=1S/C26H31N3O4S2/c1-2-17-6-3-9-21-18(12-22-25(31)29(26(34)35-22)15-20-8-5-11-33-20)14-28(24(17)21)16-23(30)27-13-19-7-4-10-32-19/h3,6,9,12,14,19-20H,2,4-5,7-8,10-11,13,15-16H2,1H3,(H,27,30)/b22-12-/t19-,20-/m1/s1. The number of aryl methyl sites for hydroxylation is 1. The highest BCUT2D eigenvalue weighted by molar-refractivity contribution is 8.26. The molecule has 3 aliphatic rings. The number of aromatic nitrogens is 1. The van der Waals surface area contributed by atoms with Gasteiger partial charge in [0, 0.05) is 36.9 Å². The lowest BCUT2D eigenvalue weighted by Gasteiger charge is -2.18. The van der Waals surface area contributed by atoms with Gasteiger partial charge in [0.05, 0.1) is 29.2 Å². The van der Waals surface area contributed by atoms with E-state index in [0.29, 0.717) is 22.3 Å². The summed E-state index contributed by atoms with van der Waals surface area (Å²) in [5.74, 6) is -0.116. The van der Waals surface area contributed by atoms with Crippen molar-refractivity contribution in [2.75, 3.05) is 26.3 Å². The van der Waals surface area contributed by atoms with Crippen molar-refractivity contribution in [2.24, 2.45) is 0 Å². The molecule has 7 nitrogen and oxygen atoms in total. The fourth-order valence-corrected chi connectivity index (χ4v) is 6.29. The van der Waals surface area contributed by atoms with E-state index >= 15 is 0 Å². The van der Waals surface area contributed by atoms with Gasteiger partial charge >= 0.3 is 0 Å². The molecule has 4 heterocycles. The van der Waals surface area contributed by atoms with Crippen molar-refractivity contribution >= 4 is 57.1 Å². The maximum Gasteiger partial charge on any atom is 0.266 e. The summed E-state index contributed by atoms with van der Waals surface area (Å²) >= 11 is 6.86. The maximum atomic E-state index is 13.2. The van der Waals surface area contributed by atoms with Crippen molar-refractivity contribution in [3.05, 3.63) is 40.4 Å². The fraction of sp³-hybridized carbons (Fsp3) is 0.500. The molecule has 35 heavy (non-hydrogen) atoms. The number of carbonyl (C=O) groups is 2. The quantitative estimate of drug-likeness (QED) is 0.427. The van der Waals surface area contributed by atoms with Crippen LogP contribution in [-0.2, 0) is 32.0 Å². The van der Waals surface area contributed by atoms with Crippen molar-refractivity contribution in [3.8, 4) is 0 Å². The molecule has 5 rings (SSSR count). The number of hydrogen-bond acceptors (Lipinski definition) is 6. The predicted octanol–water partition coefficient (Wildman–Crippen LogP) is 3.88. The summed E-state index contributed by atoms with van der Waals surface area (Å²) in [4.78, 5) is 28.2. The Morgan fingerprint density at radius 2 is 2.00 bits per heavy atom. The summed E-state index contributed by atoms with van der Waals surface area (Å²) in [5.41, 5.74) is 3.11. The van der Waals surface area contributed by atoms with Crippen LogP contribution in [0.25, 0.3) is 17.0 Å². The number of thioether (sulfide) groups is 1. The second-order valence-electron chi connectivity index (χ2n) is 9.25. The molecule has 0 unspecified atom stereocenters. The highest BCUT2D eigenvalue weighted by Gasteiger charge is 2.34. The Morgan fingerprint density at radius 1 is 1.23 bits per heavy atom. The molecule has 2 amide bonds. The molecule has 3 saturated heterocycles. The van der Waals surface area contributed by atoms with Gasteiger partial charge in [-0.25, -0.2) is 0 Å². The number of para-hydroxylation sites is 1. The number of thiocarbonyl (C=S) groups is 1. The minimum absolute atomic E-state index is 0.0438. The van der Waals surface area contributed by atoms with Crippen molar-refractivity contribution in [3.63, 3.8) is 0 Å². The number of benzene rings is 1. The van der Waals surface area contributed by atoms with Crippen LogP contribution < -0.4 is 5.32 Å². The van der Waals surface area contributed by atoms with Crippen molar-refractivity contribution in [1.82, 2.24) is 14.8 Å². The van der Waals surface area contributed by atoms with Gasteiger partial charge in [0.25, 0.3) is 5.91 Å². The predicted molar refractivity (Wildman–Crippen MR) is 142 cm³/mol. The Morgan fingerprint density at radius 3 is 2.71 bits per heavy atom. The lowest BCUT2D eigenvalue weighted by molar-refractivity contribution is -0.123. The first kappa shape index (κ1) is 24.5. The lowest BCUT2D eigenvalue weighted by atomic mass is 10.1. The molecule has 1 aromatic carbocycles. The Kier molecular flexibility index (Phi) is 7.57. The van der Waals surface area contributed by atoms with E-state index in [1.807, 2.05) is 29.0 Å². The van der Waals surface area contributed by atoms with E-state index in [1.54, 1.807) is 4.90 Å². The molecule has 2 atom stereocenters. The number of nitrogens with one attached hydrogen (secondary N) is 1. The van der Waals surface area contributed by atoms with Gasteiger partial charge < -0.3 is 19.4 Å². The van der Waals surface area contributed by atoms with Gasteiger partial charge in [-0.1, -0.05) is 49.1 Å². The number of rotatable bonds is 8. The highest BCUT2D eigenvalue weighted by Crippen LogP contribution is 2.35. The third kappa shape index (κ3) is 5.33. The van der Waals surface area contributed by atoms with Crippen LogP contribution in [0.5, 0.6) is 0 Å². The average Bonchev–Trinajstić information content (AvgIpc) is 3.65. The summed E-state index contributed by atoms with van der Waals surface area (Å²) < 4.78 is 13.9. The number of hydrogen-bond donors (Lipinski definition) is 1. The summed E-state index contributed by atoms with van der Waals surface area (Å²) in [6, 6.07) is 6.17. The van der Waals surface area contributed by atoms with Crippen LogP contribution in [0, 0.1) is 0 Å². The molecule has 2 aromatic rings. The maximum absolute atomic E-state index is 13.2. The van der Waals surface area contributed by atoms with Gasteiger partial charge in [0.1, 0.15) is 10.9 Å². The number of amides is 2. The van der Waals surface area contributed by atoms with Gasteiger partial charge in [-0.05, 0) is 43.7 Å². The van der Waals surface area contributed by atoms with Gasteiger partial charge in [-0.15, -0.1) is 0 Å². The molecular formula is C26H31N3O4S2. The van der Waals surface area contributed by atoms with Crippen LogP contribution >= 0.6 is 24.0 Å². The number of carbonyl (C=O) groups excluding carboxylic acids is 2. The zero-order chi connectivity index (χ0) is 24.4. The van der Waals surface area contributed by atoms with Gasteiger partial charge in [-0.3, -0.25) is 14.5 Å². The number of nitrogens with zero attached hydrogens (tertiary/aromatic N) is 2. The largest absolute Gasteiger partial charge is 0.376 e. The topological polar surface area (TPSA) is 72.8 Å². The SMILES string of the molecule is CCc1cccc2c(/C=C3\SC(=S)N(C[C@H]4CCCO4)C3=O)cn(CC(=O)NC[C@H]3CCCO3)c12. The third-order valence-corrected chi connectivity index (χ3v) is 8.21. The monoisotopic (exact) mass is 513 g/mol. The molecule has 0 bridgehead atoms. The number of fused-ring (bicyclic) bond motifs is 1. The molecule has 3 aliphatic heterocycles. The van der Waals surface area contributed by atoms with Crippen molar-refractivity contribution < 1.29 is 19.1 Å². The minimum Gasteiger partial charge on any atom is -0.376 e. The molecule has 0 saturated carbocycles. The summed E-state index contributed by atoms with van der Waals surface area (Å²) in [6.07, 6.45) is 8.92. The zero-order valence-corrected chi connectivity index (χ0v) is 21.6. The molecule has 186 valence electrons. The Balaban J connectivity index is 1.39. The molecule has 0 spiro atoms. The van der Waals surface area contributed by atoms with Crippen molar-refractivity contribution in [2.45, 2.75) is 57.8 Å². The Hall–Kier alpha value is -2.20. The van der Waals surface area contributed by atoms with Crippen molar-refractivity contribution in [1.29, 1.82) is 0 Å². The van der Waals surface area contributed by atoms with E-state index in [9.17, 15) is 9.59 Å². The normalized spacial score (nSPS) is 23.8. The second-order valence-corrected chi connectivity index (χ2v) is 10.9. The van der Waals surface area contributed by atoms with E-state index in [2.05, 4.69) is 18.3 Å². The van der Waals surface area contributed by atoms with E-state index in [1.165, 1.54) is 17.3 Å². The highest BCUT2D eigenvalue weighted by atomic mass is 32.2. The number of ether oxygens (including phenoxy) is 2. The van der Waals surface area contributed by atoms with Gasteiger partial charge in [0.15, 0.2) is 0 Å². The third-order valence-electron chi connectivity index (χ3n) is 6.83. The van der Waals surface area contributed by atoms with Crippen LogP contribution in [0.3, 0.4) is 0 Å². The molecule has 9 heteroatoms. The van der Waals surface area contributed by atoms with Crippen LogP contribution in [0.15, 0.2) is 29.3 Å². The molecule has 0 radical (unpaired) electrons. The molecule has 0 aliphatic carbocycles. The van der Waals surface area contributed by atoms with E-state index in [0.717, 1.165) is 61.8 Å². The first-order chi connectivity index (χ1) is 17.0. The first-order valence-electron chi connectivity index (χ1n) is 12.4. The molecular weight excluding hydrogens is 482 g/mol. The van der Waals surface area contributed by atoms with Gasteiger partial charge in [-0.2, -0.15) is 0 Å². The second kappa shape index (κ2) is 10.8. The van der Waals surface area contributed by atoms with Crippen LogP contribution in [0.1, 0.15) is 43.7 Å². The van der Waals surface area contributed by atoms with E-state index < -0.39 is 0 Å². The zero-order valence-electron chi connectivity index (χ0n) is 20.0. The fourth-order valence-electron chi connectivity index (χ4n) is 5.02. The molecule has 1 N–H and O–H groups in total.